The Morgan fingerprint density at radius 2 is 1.93 bits per heavy atom. The SMILES string of the molecule is [C-]#[N+]C[C@H]1CN(c2nc(OC[C@@H]3CCCN3CCF)nc3c2CCN(c2cccc4cccc(Cl)c24)C3)CCN1C(=O)C(=C)F. The lowest BCUT2D eigenvalue weighted by atomic mass is 10.0. The molecule has 4 heterocycles. The highest BCUT2D eigenvalue weighted by molar-refractivity contribution is 6.36. The van der Waals surface area contributed by atoms with Crippen LogP contribution < -0.4 is 14.5 Å². The average molecular weight is 636 g/mol. The molecule has 0 spiro atoms. The van der Waals surface area contributed by atoms with Crippen LogP contribution >= 0.6 is 11.6 Å². The molecule has 2 aromatic carbocycles. The maximum absolute atomic E-state index is 13.8. The first-order chi connectivity index (χ1) is 21.9. The van der Waals surface area contributed by atoms with E-state index in [0.29, 0.717) is 56.6 Å². The summed E-state index contributed by atoms with van der Waals surface area (Å²) in [5, 5.41) is 2.73. The lowest BCUT2D eigenvalue weighted by Crippen LogP contribution is -2.57. The van der Waals surface area contributed by atoms with Gasteiger partial charge in [-0.05, 0) is 43.3 Å². The third kappa shape index (κ3) is 6.40. The summed E-state index contributed by atoms with van der Waals surface area (Å²) in [5.74, 6) is -1.11. The second-order valence-electron chi connectivity index (χ2n) is 11.7. The number of nitrogens with zero attached hydrogens (tertiary/aromatic N) is 7. The van der Waals surface area contributed by atoms with Crippen LogP contribution in [-0.2, 0) is 17.8 Å². The summed E-state index contributed by atoms with van der Waals surface area (Å²) in [5.41, 5.74) is 2.84. The number of ether oxygens (including phenoxy) is 1. The van der Waals surface area contributed by atoms with Crippen molar-refractivity contribution >= 4 is 39.8 Å². The molecular weight excluding hydrogens is 600 g/mol. The first-order valence-corrected chi connectivity index (χ1v) is 15.7. The number of alkyl halides is 1. The highest BCUT2D eigenvalue weighted by atomic mass is 35.5. The molecule has 2 saturated heterocycles. The Morgan fingerprint density at radius 1 is 1.11 bits per heavy atom. The Balaban J connectivity index is 1.33. The molecule has 3 aliphatic rings. The fraction of sp³-hybridized carbons (Fsp3) is 0.455. The first kappa shape index (κ1) is 31.0. The van der Waals surface area contributed by atoms with E-state index in [1.807, 2.05) is 30.3 Å². The van der Waals surface area contributed by atoms with Crippen molar-refractivity contribution in [2.75, 3.05) is 68.9 Å². The molecule has 12 heteroatoms. The number of halogens is 3. The number of hydrogen-bond acceptors (Lipinski definition) is 7. The maximum atomic E-state index is 13.8. The van der Waals surface area contributed by atoms with Crippen molar-refractivity contribution in [3.05, 3.63) is 76.5 Å². The van der Waals surface area contributed by atoms with E-state index in [1.165, 1.54) is 4.90 Å². The Kier molecular flexibility index (Phi) is 9.33. The molecule has 0 aliphatic carbocycles. The third-order valence-corrected chi connectivity index (χ3v) is 9.36. The van der Waals surface area contributed by atoms with Gasteiger partial charge in [0.25, 0.3) is 5.91 Å². The van der Waals surface area contributed by atoms with Crippen LogP contribution in [-0.4, -0.2) is 96.9 Å². The van der Waals surface area contributed by atoms with E-state index in [-0.39, 0.29) is 25.1 Å². The second-order valence-corrected chi connectivity index (χ2v) is 12.1. The fourth-order valence-electron chi connectivity index (χ4n) is 6.85. The van der Waals surface area contributed by atoms with E-state index < -0.39 is 24.5 Å². The summed E-state index contributed by atoms with van der Waals surface area (Å²) in [4.78, 5) is 33.7. The molecule has 6 rings (SSSR count). The lowest BCUT2D eigenvalue weighted by molar-refractivity contribution is -0.131. The standard InChI is InChI=1S/C33H36ClF2N7O2/c1-22(36)32(44)43-17-16-42(19-25(43)18-37-2)31-26-11-14-41(29-10-4-7-23-6-3-9-27(34)30(23)29)20-28(26)38-33(39-31)45-21-24-8-5-13-40(24)15-12-35/h3-4,6-7,9-10,24-25H,1,5,8,11-21H2/t24-,25-/m0/s1. The van der Waals surface area contributed by atoms with E-state index in [1.54, 1.807) is 0 Å². The third-order valence-electron chi connectivity index (χ3n) is 9.05. The molecule has 236 valence electrons. The molecule has 3 aromatic rings. The van der Waals surface area contributed by atoms with Crippen molar-refractivity contribution in [3.8, 4) is 6.01 Å². The van der Waals surface area contributed by atoms with Crippen LogP contribution in [0.25, 0.3) is 15.6 Å². The van der Waals surface area contributed by atoms with Gasteiger partial charge in [0.2, 0.25) is 6.54 Å². The van der Waals surface area contributed by atoms with Crippen LogP contribution in [0, 0.1) is 6.57 Å². The topological polar surface area (TPSA) is 69.4 Å². The van der Waals surface area contributed by atoms with Crippen LogP contribution in [0.3, 0.4) is 0 Å². The van der Waals surface area contributed by atoms with Gasteiger partial charge in [-0.2, -0.15) is 9.97 Å². The van der Waals surface area contributed by atoms with Gasteiger partial charge in [-0.3, -0.25) is 9.69 Å². The number of likely N-dealkylation sites (tertiary alicyclic amines) is 1. The van der Waals surface area contributed by atoms with Crippen LogP contribution in [0.15, 0.2) is 48.8 Å². The molecule has 45 heavy (non-hydrogen) atoms. The van der Waals surface area contributed by atoms with Crippen molar-refractivity contribution in [1.29, 1.82) is 0 Å². The molecule has 0 bridgehead atoms. The first-order valence-electron chi connectivity index (χ1n) is 15.4. The van der Waals surface area contributed by atoms with Gasteiger partial charge in [0.1, 0.15) is 25.1 Å². The van der Waals surface area contributed by atoms with Gasteiger partial charge in [0, 0.05) is 55.4 Å². The zero-order chi connectivity index (χ0) is 31.5. The quantitative estimate of drug-likeness (QED) is 0.240. The molecule has 1 aromatic heterocycles. The van der Waals surface area contributed by atoms with E-state index in [0.717, 1.165) is 47.1 Å². The summed E-state index contributed by atoms with van der Waals surface area (Å²) in [6.07, 6.45) is 2.57. The Morgan fingerprint density at radius 3 is 2.71 bits per heavy atom. The summed E-state index contributed by atoms with van der Waals surface area (Å²) >= 11 is 6.68. The number of aromatic nitrogens is 2. The van der Waals surface area contributed by atoms with Gasteiger partial charge in [0.05, 0.1) is 17.3 Å². The van der Waals surface area contributed by atoms with E-state index in [4.69, 9.17) is 32.9 Å². The van der Waals surface area contributed by atoms with Crippen LogP contribution in [0.5, 0.6) is 6.01 Å². The molecule has 1 amide bonds. The largest absolute Gasteiger partial charge is 0.462 e. The number of benzene rings is 2. The molecule has 0 N–H and O–H groups in total. The number of carbonyl (C=O) groups excluding carboxylic acids is 1. The Hall–Kier alpha value is -4.01. The van der Waals surface area contributed by atoms with Gasteiger partial charge in [-0.15, -0.1) is 0 Å². The van der Waals surface area contributed by atoms with Crippen molar-refractivity contribution in [2.24, 2.45) is 0 Å². The second kappa shape index (κ2) is 13.5. The molecule has 9 nitrogen and oxygen atoms in total. The molecular formula is C33H36ClF2N7O2. The van der Waals surface area contributed by atoms with E-state index in [9.17, 15) is 13.6 Å². The zero-order valence-electron chi connectivity index (χ0n) is 25.1. The Labute approximate surface area is 266 Å². The van der Waals surface area contributed by atoms with Crippen LogP contribution in [0.1, 0.15) is 24.1 Å². The number of piperazine rings is 1. The zero-order valence-corrected chi connectivity index (χ0v) is 25.9. The van der Waals surface area contributed by atoms with Crippen molar-refractivity contribution in [3.63, 3.8) is 0 Å². The predicted molar refractivity (Wildman–Crippen MR) is 171 cm³/mol. The molecule has 0 unspecified atom stereocenters. The molecule has 2 fully saturated rings. The average Bonchev–Trinajstić information content (AvgIpc) is 3.50. The molecule has 0 saturated carbocycles. The summed E-state index contributed by atoms with van der Waals surface area (Å²) in [6, 6.07) is 11.8. The van der Waals surface area contributed by atoms with Crippen molar-refractivity contribution in [2.45, 2.75) is 37.9 Å². The van der Waals surface area contributed by atoms with Crippen LogP contribution in [0.4, 0.5) is 20.3 Å². The number of hydrogen-bond donors (Lipinski definition) is 0. The predicted octanol–water partition coefficient (Wildman–Crippen LogP) is 5.08. The molecule has 2 atom stereocenters. The number of rotatable bonds is 9. The van der Waals surface area contributed by atoms with Gasteiger partial charge in [-0.25, -0.2) is 15.4 Å². The van der Waals surface area contributed by atoms with Crippen molar-refractivity contribution < 1.29 is 18.3 Å². The number of amides is 1. The highest BCUT2D eigenvalue weighted by Crippen LogP contribution is 2.37. The molecule has 0 radical (unpaired) electrons. The normalized spacial score (nSPS) is 20.3. The van der Waals surface area contributed by atoms with Crippen LogP contribution in [0.2, 0.25) is 5.02 Å². The Bertz CT molecular complexity index is 1630. The maximum Gasteiger partial charge on any atom is 0.318 e. The summed E-state index contributed by atoms with van der Waals surface area (Å²) in [6.45, 7) is 14.0. The number of carbonyl (C=O) groups is 1. The smallest absolute Gasteiger partial charge is 0.318 e. The molecule has 3 aliphatic heterocycles. The number of fused-ring (bicyclic) bond motifs is 2. The van der Waals surface area contributed by atoms with Crippen molar-refractivity contribution in [1.82, 2.24) is 19.8 Å². The minimum atomic E-state index is -1.03. The monoisotopic (exact) mass is 635 g/mol. The summed E-state index contributed by atoms with van der Waals surface area (Å²) < 4.78 is 33.2. The van der Waals surface area contributed by atoms with E-state index in [2.05, 4.69) is 32.2 Å². The van der Waals surface area contributed by atoms with Gasteiger partial charge < -0.3 is 24.3 Å². The minimum absolute atomic E-state index is 0.0356. The summed E-state index contributed by atoms with van der Waals surface area (Å²) in [7, 11) is 0. The van der Waals surface area contributed by atoms with Gasteiger partial charge in [0.15, 0.2) is 5.83 Å². The lowest BCUT2D eigenvalue weighted by Gasteiger charge is -2.41. The number of anilines is 2. The minimum Gasteiger partial charge on any atom is -0.462 e. The van der Waals surface area contributed by atoms with Gasteiger partial charge in [-0.1, -0.05) is 42.4 Å². The fourth-order valence-corrected chi connectivity index (χ4v) is 7.13. The van der Waals surface area contributed by atoms with E-state index >= 15 is 0 Å². The highest BCUT2D eigenvalue weighted by Gasteiger charge is 2.36. The van der Waals surface area contributed by atoms with Gasteiger partial charge >= 0.3 is 6.01 Å².